The molecule has 0 fully saturated rings. The molecule has 0 unspecified atom stereocenters. The van der Waals surface area contributed by atoms with Crippen LogP contribution >= 0.6 is 0 Å². The van der Waals surface area contributed by atoms with Crippen LogP contribution in [0.25, 0.3) is 0 Å². The van der Waals surface area contributed by atoms with Crippen LogP contribution in [0.3, 0.4) is 0 Å². The second-order valence-corrected chi connectivity index (χ2v) is 12.9. The van der Waals surface area contributed by atoms with E-state index in [0.29, 0.717) is 12.8 Å². The molecule has 0 aliphatic heterocycles. The van der Waals surface area contributed by atoms with Gasteiger partial charge in [0, 0.05) is 12.8 Å². The first-order chi connectivity index (χ1) is 21.3. The molecular weight excluding hydrogens is 601 g/mol. The number of carbonyl (C=O) groups is 2. The van der Waals surface area contributed by atoms with Crippen molar-refractivity contribution < 1.29 is 32.8 Å². The zero-order valence-corrected chi connectivity index (χ0v) is 29.9. The Bertz CT molecular complexity index is 593. The smallest absolute Gasteiger partial charge is 0.316 e. The van der Waals surface area contributed by atoms with Gasteiger partial charge >= 0.3 is 35.0 Å². The van der Waals surface area contributed by atoms with E-state index in [9.17, 15) is 9.59 Å². The van der Waals surface area contributed by atoms with Gasteiger partial charge in [-0.15, -0.1) is 0 Å². The Morgan fingerprint density at radius 1 is 0.378 bits per heavy atom. The fourth-order valence-electron chi connectivity index (χ4n) is 5.30. The third-order valence-electron chi connectivity index (χ3n) is 7.99. The molecule has 0 aromatic heterocycles. The average Bonchev–Trinajstić information content (AvgIpc) is 2.97. The van der Waals surface area contributed by atoms with E-state index < -0.39 is 22.9 Å². The molecule has 0 bridgehead atoms. The molecule has 0 aliphatic carbocycles. The van der Waals surface area contributed by atoms with Crippen molar-refractivity contribution >= 4 is 46.0 Å². The molecule has 0 saturated heterocycles. The van der Waals surface area contributed by atoms with Gasteiger partial charge in [0.15, 0.2) is 0 Å². The van der Waals surface area contributed by atoms with Gasteiger partial charge in [-0.1, -0.05) is 194 Å². The first-order valence-electron chi connectivity index (χ1n) is 18.5. The largest absolute Gasteiger partial charge is 0.481 e. The van der Waals surface area contributed by atoms with Gasteiger partial charge in [-0.2, -0.15) is 0 Å². The molecule has 0 aromatic carbocycles. The summed E-state index contributed by atoms with van der Waals surface area (Å²) in [4.78, 5) is 20.7. The standard InChI is InChI=1S/2C18H36O2.Mg.H2O3S.2H/c2*1-2-3-4-5-6-7-8-9-10-11-12-13-14-15-16-17-18(19)20;;1-4(2)3;;/h2*2-17H2,1H3,(H,19,20);;4H,(H,1,2,3);;. The maximum Gasteiger partial charge on any atom is 0.316 e. The molecule has 270 valence electrons. The molecule has 0 aliphatic rings. The van der Waals surface area contributed by atoms with E-state index in [4.69, 9.17) is 23.2 Å². The van der Waals surface area contributed by atoms with Crippen molar-refractivity contribution in [1.29, 1.82) is 0 Å². The molecule has 0 amide bonds. The maximum absolute atomic E-state index is 10.3. The van der Waals surface area contributed by atoms with Crippen molar-refractivity contribution in [3.05, 3.63) is 0 Å². The highest BCUT2D eigenvalue weighted by atomic mass is 32.2. The molecular formula is C36H76MgO7S. The summed E-state index contributed by atoms with van der Waals surface area (Å²) in [5, 5.41) is 17.0. The first-order valence-corrected chi connectivity index (χ1v) is 19.7. The summed E-state index contributed by atoms with van der Waals surface area (Å²) in [5.74, 6) is -1.31. The zero-order chi connectivity index (χ0) is 33.4. The van der Waals surface area contributed by atoms with Crippen LogP contribution in [0, 0.1) is 0 Å². The highest BCUT2D eigenvalue weighted by Gasteiger charge is 1.98. The number of hydrogen-bond acceptors (Lipinski definition) is 4. The van der Waals surface area contributed by atoms with Gasteiger partial charge in [0.05, 0.1) is 0 Å². The number of thiol groups is 1. The van der Waals surface area contributed by atoms with Gasteiger partial charge in [-0.05, 0) is 12.8 Å². The van der Waals surface area contributed by atoms with E-state index in [1.54, 1.807) is 0 Å². The number of unbranched alkanes of at least 4 members (excludes halogenated alkanes) is 28. The summed E-state index contributed by atoms with van der Waals surface area (Å²) in [6.45, 7) is 4.54. The van der Waals surface area contributed by atoms with Gasteiger partial charge in [-0.3, -0.25) is 14.1 Å². The van der Waals surface area contributed by atoms with Crippen molar-refractivity contribution in [2.24, 2.45) is 0 Å². The van der Waals surface area contributed by atoms with E-state index in [1.807, 2.05) is 0 Å². The summed E-state index contributed by atoms with van der Waals surface area (Å²) in [7, 11) is -3.12. The lowest BCUT2D eigenvalue weighted by Crippen LogP contribution is -1.93. The van der Waals surface area contributed by atoms with Crippen LogP contribution in [0.2, 0.25) is 0 Å². The average molecular weight is 677 g/mol. The third kappa shape index (κ3) is 66.8. The number of hydrogen-bond donors (Lipinski definition) is 4. The van der Waals surface area contributed by atoms with Gasteiger partial charge in [-0.25, -0.2) is 8.42 Å². The van der Waals surface area contributed by atoms with Gasteiger partial charge in [0.2, 0.25) is 0 Å². The van der Waals surface area contributed by atoms with Crippen LogP contribution in [-0.2, 0) is 20.6 Å². The minimum Gasteiger partial charge on any atom is -0.481 e. The molecule has 3 N–H and O–H groups in total. The van der Waals surface area contributed by atoms with E-state index in [2.05, 4.69) is 13.8 Å². The molecule has 7 nitrogen and oxygen atoms in total. The molecule has 0 heterocycles. The minimum atomic E-state index is -3.12. The minimum absolute atomic E-state index is 0. The molecule has 0 rings (SSSR count). The monoisotopic (exact) mass is 677 g/mol. The van der Waals surface area contributed by atoms with Crippen LogP contribution in [0.1, 0.15) is 219 Å². The van der Waals surface area contributed by atoms with Crippen molar-refractivity contribution in [1.82, 2.24) is 0 Å². The van der Waals surface area contributed by atoms with Gasteiger partial charge in [0.25, 0.3) is 11.0 Å². The topological polar surface area (TPSA) is 129 Å². The highest BCUT2D eigenvalue weighted by molar-refractivity contribution is 7.66. The lowest BCUT2D eigenvalue weighted by atomic mass is 10.0. The molecule has 9 heteroatoms. The predicted octanol–water partition coefficient (Wildman–Crippen LogP) is 10.8. The van der Waals surface area contributed by atoms with Crippen molar-refractivity contribution in [2.75, 3.05) is 0 Å². The summed E-state index contributed by atoms with van der Waals surface area (Å²) >= 11 is 0. The van der Waals surface area contributed by atoms with Crippen LogP contribution in [0.5, 0.6) is 0 Å². The van der Waals surface area contributed by atoms with Crippen LogP contribution in [0.4, 0.5) is 0 Å². The van der Waals surface area contributed by atoms with Crippen LogP contribution in [-0.4, -0.2) is 58.2 Å². The third-order valence-corrected chi connectivity index (χ3v) is 7.99. The van der Waals surface area contributed by atoms with Crippen LogP contribution < -0.4 is 0 Å². The summed E-state index contributed by atoms with van der Waals surface area (Å²) in [6, 6.07) is 0. The molecule has 0 spiro atoms. The normalized spacial score (nSPS) is 10.4. The fraction of sp³-hybridized carbons (Fsp3) is 0.944. The Balaban J connectivity index is -0.000000327. The Hall–Kier alpha value is -0.384. The molecule has 45 heavy (non-hydrogen) atoms. The van der Waals surface area contributed by atoms with Gasteiger partial charge in [0.1, 0.15) is 0 Å². The Labute approximate surface area is 296 Å². The summed E-state index contributed by atoms with van der Waals surface area (Å²) in [6.07, 6.45) is 40.4. The lowest BCUT2D eigenvalue weighted by molar-refractivity contribution is -0.138. The summed E-state index contributed by atoms with van der Waals surface area (Å²) < 4.78 is 24.2. The van der Waals surface area contributed by atoms with E-state index >= 15 is 0 Å². The Morgan fingerprint density at radius 3 is 0.644 bits per heavy atom. The zero-order valence-electron chi connectivity index (χ0n) is 29.0. The number of aliphatic carboxylic acids is 2. The Kier molecular flexibility index (Phi) is 54.9. The maximum atomic E-state index is 10.3. The molecule has 0 atom stereocenters. The predicted molar refractivity (Wildman–Crippen MR) is 196 cm³/mol. The highest BCUT2D eigenvalue weighted by Crippen LogP contribution is 2.15. The number of carboxylic acid groups (broad SMARTS) is 2. The van der Waals surface area contributed by atoms with E-state index in [0.717, 1.165) is 25.7 Å². The Morgan fingerprint density at radius 2 is 0.511 bits per heavy atom. The lowest BCUT2D eigenvalue weighted by Gasteiger charge is -2.03. The van der Waals surface area contributed by atoms with Gasteiger partial charge < -0.3 is 10.2 Å². The second kappa shape index (κ2) is 48.0. The molecule has 0 saturated carbocycles. The van der Waals surface area contributed by atoms with E-state index in [1.165, 1.54) is 167 Å². The SMILES string of the molecule is CCCCCCCCCCCCCCCCCC(=O)O.CCCCCCCCCCCCCCCCCC(=O)O.O=[SH](=O)O.[MgH2]. The van der Waals surface area contributed by atoms with E-state index in [-0.39, 0.29) is 23.1 Å². The number of carboxylic acids is 2. The fourth-order valence-corrected chi connectivity index (χ4v) is 5.30. The van der Waals surface area contributed by atoms with Crippen LogP contribution in [0.15, 0.2) is 0 Å². The van der Waals surface area contributed by atoms with Crippen molar-refractivity contribution in [3.63, 3.8) is 0 Å². The molecule has 0 radical (unpaired) electrons. The number of rotatable bonds is 32. The quantitative estimate of drug-likeness (QED) is 0.0241. The summed E-state index contributed by atoms with van der Waals surface area (Å²) in [5.41, 5.74) is 0. The van der Waals surface area contributed by atoms with Crippen molar-refractivity contribution in [2.45, 2.75) is 219 Å². The van der Waals surface area contributed by atoms with Crippen molar-refractivity contribution in [3.8, 4) is 0 Å². The molecule has 0 aromatic rings. The second-order valence-electron chi connectivity index (χ2n) is 12.4. The first kappa shape index (κ1) is 51.5.